The predicted octanol–water partition coefficient (Wildman–Crippen LogP) is 0.485. The van der Waals surface area contributed by atoms with Crippen molar-refractivity contribution in [2.45, 2.75) is 26.7 Å². The van der Waals surface area contributed by atoms with E-state index in [4.69, 9.17) is 5.73 Å². The summed E-state index contributed by atoms with van der Waals surface area (Å²) < 4.78 is 3.79. The molecule has 0 bridgehead atoms. The van der Waals surface area contributed by atoms with Crippen LogP contribution in [0.1, 0.15) is 26.7 Å². The first-order chi connectivity index (χ1) is 5.31. The summed E-state index contributed by atoms with van der Waals surface area (Å²) in [5.74, 6) is 2.84. The van der Waals surface area contributed by atoms with Gasteiger partial charge >= 0.3 is 6.34 Å². The van der Waals surface area contributed by atoms with Crippen LogP contribution in [0.25, 0.3) is 0 Å². The molecule has 0 atom stereocenters. The Morgan fingerprint density at radius 2 is 2.45 bits per heavy atom. The minimum absolute atomic E-state index is 1.03. The molecule has 0 heterocycles. The Bertz CT molecular complexity index is 215. The Balaban J connectivity index is 4.14. The number of hydrogen-bond acceptors (Lipinski definition) is 0. The van der Waals surface area contributed by atoms with Crippen molar-refractivity contribution in [2.75, 3.05) is 0 Å². The lowest BCUT2D eigenvalue weighted by Gasteiger charge is -1.83. The highest BCUT2D eigenvalue weighted by Gasteiger charge is 1.84. The van der Waals surface area contributed by atoms with Gasteiger partial charge in [-0.25, -0.2) is 0 Å². The van der Waals surface area contributed by atoms with E-state index in [0.717, 1.165) is 18.4 Å². The van der Waals surface area contributed by atoms with E-state index in [0.29, 0.717) is 0 Å². The number of allylic oxidation sites excluding steroid dienone is 1. The van der Waals surface area contributed by atoms with Crippen LogP contribution in [-0.2, 0) is 0 Å². The van der Waals surface area contributed by atoms with Gasteiger partial charge in [0.15, 0.2) is 5.87 Å². The predicted molar refractivity (Wildman–Crippen MR) is 50.0 cm³/mol. The molecule has 0 aliphatic rings. The minimum atomic E-state index is 1.03. The highest BCUT2D eigenvalue weighted by atomic mass is 14.8. The third kappa shape index (κ3) is 6.59. The molecule has 2 N–H and O–H groups in total. The zero-order valence-corrected chi connectivity index (χ0v) is 7.04. The minimum Gasteiger partial charge on any atom is -0.369 e. The Labute approximate surface area is 67.1 Å². The smallest absolute Gasteiger partial charge is 0.369 e. The lowest BCUT2D eigenvalue weighted by molar-refractivity contribution is 0.915. The quantitative estimate of drug-likeness (QED) is 0.357. The monoisotopic (exact) mass is 152 g/mol. The van der Waals surface area contributed by atoms with Gasteiger partial charge in [-0.3, -0.25) is 0 Å². The van der Waals surface area contributed by atoms with Gasteiger partial charge in [0.05, 0.1) is 0 Å². The molecule has 0 aliphatic heterocycles. The van der Waals surface area contributed by atoms with Crippen LogP contribution in [0, 0.1) is 0 Å². The highest BCUT2D eigenvalue weighted by Crippen LogP contribution is 1.95. The van der Waals surface area contributed by atoms with Crippen LogP contribution >= 0.6 is 0 Å². The average Bonchev–Trinajstić information content (AvgIpc) is 1.99. The summed E-state index contributed by atoms with van der Waals surface area (Å²) in [5.41, 5.74) is 6.12. The first-order valence-electron chi connectivity index (χ1n) is 3.64. The Morgan fingerprint density at radius 3 is 3.00 bits per heavy atom. The molecular weight excluding hydrogens is 138 g/mol. The molecule has 0 aliphatic carbocycles. The van der Waals surface area contributed by atoms with E-state index >= 15 is 0 Å². The zero-order valence-electron chi connectivity index (χ0n) is 7.04. The Kier molecular flexibility index (Phi) is 6.01. The second kappa shape index (κ2) is 6.81. The van der Waals surface area contributed by atoms with Gasteiger partial charge < -0.3 is 5.73 Å². The third-order valence-corrected chi connectivity index (χ3v) is 1.09. The summed E-state index contributed by atoms with van der Waals surface area (Å²) in [7, 11) is 0. The van der Waals surface area contributed by atoms with E-state index in [9.17, 15) is 0 Å². The summed E-state index contributed by atoms with van der Waals surface area (Å²) in [4.78, 5) is 3.59. The maximum Gasteiger partial charge on any atom is 0.391 e. The molecule has 0 unspecified atom stereocenters. The summed E-state index contributed by atoms with van der Waals surface area (Å²) in [5, 5.41) is 0. The Hall–Kier alpha value is -1.30. The second-order valence-corrected chi connectivity index (χ2v) is 2.18. The molecular formula is C8H14N3+. The molecule has 3 nitrogen and oxygen atoms in total. The van der Waals surface area contributed by atoms with Gasteiger partial charge in [0.25, 0.3) is 0 Å². The molecule has 0 saturated heterocycles. The van der Waals surface area contributed by atoms with Gasteiger partial charge in [-0.15, -0.1) is 0 Å². The fraction of sp³-hybridized carbons (Fsp3) is 0.500. The Morgan fingerprint density at radius 1 is 1.73 bits per heavy atom. The van der Waals surface area contributed by atoms with E-state index in [2.05, 4.69) is 22.5 Å². The third-order valence-electron chi connectivity index (χ3n) is 1.09. The average molecular weight is 152 g/mol. The van der Waals surface area contributed by atoms with Crippen molar-refractivity contribution in [1.82, 2.24) is 4.67 Å². The van der Waals surface area contributed by atoms with E-state index in [1.165, 1.54) is 12.7 Å². The number of nitrogens with two attached hydrogens (primary N) is 1. The van der Waals surface area contributed by atoms with Gasteiger partial charge in [0, 0.05) is 5.57 Å². The van der Waals surface area contributed by atoms with Crippen LogP contribution in [0.3, 0.4) is 0 Å². The molecule has 3 heteroatoms. The number of aliphatic imine (C=N–C) groups is 1. The summed E-state index contributed by atoms with van der Waals surface area (Å²) in [6, 6.07) is 0. The van der Waals surface area contributed by atoms with Crippen molar-refractivity contribution in [1.29, 1.82) is 0 Å². The van der Waals surface area contributed by atoms with Crippen LogP contribution in [-0.4, -0.2) is 18.5 Å². The van der Waals surface area contributed by atoms with E-state index in [-0.39, 0.29) is 0 Å². The summed E-state index contributed by atoms with van der Waals surface area (Å²) in [6.07, 6.45) is 4.72. The molecule has 0 aromatic carbocycles. The van der Waals surface area contributed by atoms with Crippen LogP contribution in [0.2, 0.25) is 0 Å². The fourth-order valence-corrected chi connectivity index (χ4v) is 0.642. The van der Waals surface area contributed by atoms with E-state index in [1.54, 1.807) is 0 Å². The van der Waals surface area contributed by atoms with Crippen molar-refractivity contribution in [3.63, 3.8) is 0 Å². The van der Waals surface area contributed by atoms with Gasteiger partial charge in [-0.1, -0.05) is 13.3 Å². The lowest BCUT2D eigenvalue weighted by Crippen LogP contribution is -1.88. The SMILES string of the molecule is CCCC(C)=C=[N+]=CN=CN. The molecule has 0 fully saturated rings. The second-order valence-electron chi connectivity index (χ2n) is 2.18. The normalized spacial score (nSPS) is 8.91. The van der Waals surface area contributed by atoms with Crippen molar-refractivity contribution in [3.05, 3.63) is 5.57 Å². The molecule has 0 rings (SSSR count). The first kappa shape index (κ1) is 9.70. The molecule has 0 saturated carbocycles. The molecule has 0 spiro atoms. The zero-order chi connectivity index (χ0) is 8.53. The van der Waals surface area contributed by atoms with Crippen molar-refractivity contribution >= 4 is 18.5 Å². The number of nitrogens with zero attached hydrogens (tertiary/aromatic N) is 2. The molecule has 0 aromatic heterocycles. The van der Waals surface area contributed by atoms with Crippen molar-refractivity contribution < 1.29 is 0 Å². The first-order valence-corrected chi connectivity index (χ1v) is 3.64. The van der Waals surface area contributed by atoms with Crippen LogP contribution in [0.4, 0.5) is 0 Å². The number of hydrogen-bond donors (Lipinski definition) is 1. The van der Waals surface area contributed by atoms with Crippen LogP contribution < -0.4 is 10.4 Å². The maximum absolute atomic E-state index is 4.99. The van der Waals surface area contributed by atoms with Gasteiger partial charge in [0.2, 0.25) is 6.34 Å². The van der Waals surface area contributed by atoms with Crippen LogP contribution in [0.5, 0.6) is 0 Å². The van der Waals surface area contributed by atoms with Gasteiger partial charge in [0.1, 0.15) is 0 Å². The topological polar surface area (TPSA) is 52.5 Å². The standard InChI is InChI=1S/C8H13N3/c1-3-4-8(2)5-10-7-11-6-9/h6-7,9H,3-4H2,1-2H3/p+1. The molecule has 11 heavy (non-hydrogen) atoms. The van der Waals surface area contributed by atoms with E-state index < -0.39 is 0 Å². The van der Waals surface area contributed by atoms with Crippen molar-refractivity contribution in [2.24, 2.45) is 10.7 Å². The van der Waals surface area contributed by atoms with Crippen molar-refractivity contribution in [3.8, 4) is 0 Å². The fourth-order valence-electron chi connectivity index (χ4n) is 0.642. The van der Waals surface area contributed by atoms with Gasteiger partial charge in [-0.2, -0.15) is 4.67 Å². The summed E-state index contributed by atoms with van der Waals surface area (Å²) >= 11 is 0. The largest absolute Gasteiger partial charge is 0.391 e. The molecule has 0 amide bonds. The van der Waals surface area contributed by atoms with Gasteiger partial charge in [-0.05, 0) is 18.3 Å². The molecule has 60 valence electrons. The van der Waals surface area contributed by atoms with E-state index in [1.807, 2.05) is 6.92 Å². The lowest BCUT2D eigenvalue weighted by atomic mass is 10.2. The molecule has 0 aromatic rings. The maximum atomic E-state index is 4.99. The van der Waals surface area contributed by atoms with Crippen LogP contribution in [0.15, 0.2) is 10.6 Å². The highest BCUT2D eigenvalue weighted by molar-refractivity contribution is 5.71. The summed E-state index contributed by atoms with van der Waals surface area (Å²) in [6.45, 7) is 4.11. The molecule has 0 radical (unpaired) electrons. The number of rotatable bonds is 3.